The number of hydrogen-bond donors (Lipinski definition) is 1. The van der Waals surface area contributed by atoms with E-state index in [-0.39, 0.29) is 11.8 Å². The maximum atomic E-state index is 11.8. The van der Waals surface area contributed by atoms with Crippen molar-refractivity contribution >= 4 is 17.5 Å². The number of anilines is 1. The molecule has 0 radical (unpaired) electrons. The van der Waals surface area contributed by atoms with E-state index in [1.807, 2.05) is 0 Å². The van der Waals surface area contributed by atoms with E-state index in [4.69, 9.17) is 0 Å². The number of carbonyl (C=O) groups excluding carboxylic acids is 2. The molecule has 0 bridgehead atoms. The van der Waals surface area contributed by atoms with Crippen LogP contribution < -0.4 is 5.32 Å². The minimum Gasteiger partial charge on any atom is -0.339 e. The maximum Gasteiger partial charge on any atom is 0.248 e. The summed E-state index contributed by atoms with van der Waals surface area (Å²) in [7, 11) is 0. The van der Waals surface area contributed by atoms with Gasteiger partial charge in [0.25, 0.3) is 0 Å². The highest BCUT2D eigenvalue weighted by atomic mass is 16.2. The summed E-state index contributed by atoms with van der Waals surface area (Å²) in [5, 5.41) is 2.64. The third-order valence-corrected chi connectivity index (χ3v) is 2.97. The summed E-state index contributed by atoms with van der Waals surface area (Å²) in [6, 6.07) is 3.48. The molecule has 1 aliphatic heterocycles. The fourth-order valence-electron chi connectivity index (χ4n) is 1.99. The fourth-order valence-corrected chi connectivity index (χ4v) is 1.99. The molecule has 5 heteroatoms. The van der Waals surface area contributed by atoms with Crippen LogP contribution in [0.3, 0.4) is 0 Å². The van der Waals surface area contributed by atoms with E-state index < -0.39 is 0 Å². The second-order valence-corrected chi connectivity index (χ2v) is 4.45. The first-order valence-corrected chi connectivity index (χ1v) is 6.44. The van der Waals surface area contributed by atoms with E-state index in [1.54, 1.807) is 29.4 Å². The molecule has 0 spiro atoms. The highest BCUT2D eigenvalue weighted by Gasteiger charge is 2.13. The molecule has 2 rings (SSSR count). The number of amides is 2. The summed E-state index contributed by atoms with van der Waals surface area (Å²) in [5.74, 6) is -0.417. The topological polar surface area (TPSA) is 62.3 Å². The van der Waals surface area contributed by atoms with Crippen LogP contribution in [-0.4, -0.2) is 34.8 Å². The molecule has 1 saturated heterocycles. The molecule has 1 N–H and O–H groups in total. The highest BCUT2D eigenvalue weighted by Crippen LogP contribution is 2.09. The first-order chi connectivity index (χ1) is 9.25. The number of hydrogen-bond acceptors (Lipinski definition) is 3. The lowest BCUT2D eigenvalue weighted by atomic mass is 10.1. The van der Waals surface area contributed by atoms with Crippen LogP contribution in [-0.2, 0) is 9.59 Å². The summed E-state index contributed by atoms with van der Waals surface area (Å²) < 4.78 is 0. The minimum atomic E-state index is -0.321. The zero-order chi connectivity index (χ0) is 13.5. The number of pyridine rings is 1. The highest BCUT2D eigenvalue weighted by molar-refractivity contribution is 6.03. The normalized spacial score (nSPS) is 15.5. The fraction of sp³-hybridized carbons (Fsp3) is 0.357. The molecular weight excluding hydrogens is 242 g/mol. The number of nitrogens with one attached hydrogen (secondary N) is 1. The van der Waals surface area contributed by atoms with Crippen molar-refractivity contribution in [2.45, 2.75) is 19.3 Å². The Labute approximate surface area is 112 Å². The van der Waals surface area contributed by atoms with Gasteiger partial charge in [-0.1, -0.05) is 0 Å². The number of likely N-dealkylation sites (tertiary alicyclic amines) is 1. The third-order valence-electron chi connectivity index (χ3n) is 2.97. The Bertz CT molecular complexity index is 465. The zero-order valence-electron chi connectivity index (χ0n) is 10.7. The Morgan fingerprint density at radius 1 is 1.21 bits per heavy atom. The van der Waals surface area contributed by atoms with Crippen molar-refractivity contribution in [3.05, 3.63) is 36.7 Å². The summed E-state index contributed by atoms with van der Waals surface area (Å²) in [6.07, 6.45) is 9.04. The van der Waals surface area contributed by atoms with Gasteiger partial charge in [-0.05, 0) is 31.4 Å². The van der Waals surface area contributed by atoms with Crippen LogP contribution in [0.1, 0.15) is 19.3 Å². The maximum absolute atomic E-state index is 11.8. The van der Waals surface area contributed by atoms with Crippen LogP contribution >= 0.6 is 0 Å². The van der Waals surface area contributed by atoms with Crippen molar-refractivity contribution in [2.24, 2.45) is 0 Å². The van der Waals surface area contributed by atoms with Gasteiger partial charge in [0.1, 0.15) is 0 Å². The van der Waals surface area contributed by atoms with Gasteiger partial charge in [0.15, 0.2) is 0 Å². The number of rotatable bonds is 3. The molecule has 2 heterocycles. The Morgan fingerprint density at radius 2 is 2.00 bits per heavy atom. The van der Waals surface area contributed by atoms with Crippen molar-refractivity contribution in [1.29, 1.82) is 0 Å². The molecule has 0 aromatic carbocycles. The molecular formula is C14H17N3O2. The van der Waals surface area contributed by atoms with E-state index in [1.165, 1.54) is 18.6 Å². The third kappa shape index (κ3) is 4.21. The summed E-state index contributed by atoms with van der Waals surface area (Å²) in [4.78, 5) is 29.1. The lowest BCUT2D eigenvalue weighted by Gasteiger charge is -2.25. The van der Waals surface area contributed by atoms with Gasteiger partial charge in [-0.3, -0.25) is 14.6 Å². The molecule has 1 aromatic rings. The van der Waals surface area contributed by atoms with Gasteiger partial charge in [0.05, 0.1) is 11.9 Å². The molecule has 0 unspecified atom stereocenters. The van der Waals surface area contributed by atoms with Gasteiger partial charge in [-0.2, -0.15) is 0 Å². The van der Waals surface area contributed by atoms with Crippen molar-refractivity contribution in [3.63, 3.8) is 0 Å². The Morgan fingerprint density at radius 3 is 2.68 bits per heavy atom. The first-order valence-electron chi connectivity index (χ1n) is 6.44. The van der Waals surface area contributed by atoms with Crippen molar-refractivity contribution in [2.75, 3.05) is 18.4 Å². The van der Waals surface area contributed by atoms with Gasteiger partial charge in [-0.25, -0.2) is 0 Å². The molecule has 1 fully saturated rings. The van der Waals surface area contributed by atoms with E-state index in [9.17, 15) is 9.59 Å². The SMILES string of the molecule is O=C(/C=C\C(=O)N1CCCCC1)Nc1cccnc1. The zero-order valence-corrected chi connectivity index (χ0v) is 10.7. The standard InChI is InChI=1S/C14H17N3O2/c18-13(16-12-5-4-8-15-11-12)6-7-14(19)17-9-2-1-3-10-17/h4-8,11H,1-3,9-10H2,(H,16,18)/b7-6-. The van der Waals surface area contributed by atoms with Gasteiger partial charge >= 0.3 is 0 Å². The molecule has 5 nitrogen and oxygen atoms in total. The second-order valence-electron chi connectivity index (χ2n) is 4.45. The van der Waals surface area contributed by atoms with E-state index in [0.29, 0.717) is 5.69 Å². The quantitative estimate of drug-likeness (QED) is 0.838. The number of aromatic nitrogens is 1. The predicted octanol–water partition coefficient (Wildman–Crippen LogP) is 1.59. The molecule has 19 heavy (non-hydrogen) atoms. The lowest BCUT2D eigenvalue weighted by molar-refractivity contribution is -0.127. The van der Waals surface area contributed by atoms with E-state index in [0.717, 1.165) is 25.9 Å². The van der Waals surface area contributed by atoms with Crippen molar-refractivity contribution in [3.8, 4) is 0 Å². The van der Waals surface area contributed by atoms with Crippen molar-refractivity contribution < 1.29 is 9.59 Å². The lowest BCUT2D eigenvalue weighted by Crippen LogP contribution is -2.34. The smallest absolute Gasteiger partial charge is 0.248 e. The number of nitrogens with zero attached hydrogens (tertiary/aromatic N) is 2. The Kier molecular flexibility index (Phi) is 4.66. The van der Waals surface area contributed by atoms with Crippen LogP contribution in [0, 0.1) is 0 Å². The Hall–Kier alpha value is -2.17. The molecule has 1 aliphatic rings. The minimum absolute atomic E-state index is 0.0963. The van der Waals surface area contributed by atoms with Crippen molar-refractivity contribution in [1.82, 2.24) is 9.88 Å². The van der Waals surface area contributed by atoms with Crippen LogP contribution in [0.5, 0.6) is 0 Å². The van der Waals surface area contributed by atoms with Crippen LogP contribution in [0.15, 0.2) is 36.7 Å². The summed E-state index contributed by atoms with van der Waals surface area (Å²) >= 11 is 0. The molecule has 0 atom stereocenters. The molecule has 1 aromatic heterocycles. The number of piperidine rings is 1. The average molecular weight is 259 g/mol. The van der Waals surface area contributed by atoms with Gasteiger partial charge in [-0.15, -0.1) is 0 Å². The molecule has 0 saturated carbocycles. The summed E-state index contributed by atoms with van der Waals surface area (Å²) in [5.41, 5.74) is 0.613. The van der Waals surface area contributed by atoms with Crippen LogP contribution in [0.4, 0.5) is 5.69 Å². The first kappa shape index (κ1) is 13.3. The monoisotopic (exact) mass is 259 g/mol. The van der Waals surface area contributed by atoms with Gasteiger partial charge in [0.2, 0.25) is 11.8 Å². The largest absolute Gasteiger partial charge is 0.339 e. The summed E-state index contributed by atoms with van der Waals surface area (Å²) in [6.45, 7) is 1.57. The molecule has 100 valence electrons. The molecule has 2 amide bonds. The van der Waals surface area contributed by atoms with Gasteiger partial charge in [0, 0.05) is 31.4 Å². The van der Waals surface area contributed by atoms with Crippen LogP contribution in [0.25, 0.3) is 0 Å². The number of carbonyl (C=O) groups is 2. The predicted molar refractivity (Wildman–Crippen MR) is 72.4 cm³/mol. The second kappa shape index (κ2) is 6.68. The Balaban J connectivity index is 1.84. The van der Waals surface area contributed by atoms with Gasteiger partial charge < -0.3 is 10.2 Å². The molecule has 0 aliphatic carbocycles. The van der Waals surface area contributed by atoms with E-state index in [2.05, 4.69) is 10.3 Å². The van der Waals surface area contributed by atoms with Crippen LogP contribution in [0.2, 0.25) is 0 Å². The van der Waals surface area contributed by atoms with E-state index >= 15 is 0 Å². The average Bonchev–Trinajstić information content (AvgIpc) is 2.47.